The van der Waals surface area contributed by atoms with Gasteiger partial charge in [-0.25, -0.2) is 0 Å². The monoisotopic (exact) mass is 431 g/mol. The minimum absolute atomic E-state index is 0.180. The third-order valence-corrected chi connectivity index (χ3v) is 5.68. The number of rotatable bonds is 7. The molecule has 2 heterocycles. The second-order valence-electron chi connectivity index (χ2n) is 8.00. The number of hydrogen-bond donors (Lipinski definition) is 2. The van der Waals surface area contributed by atoms with E-state index in [2.05, 4.69) is 43.5 Å². The largest absolute Gasteiger partial charge is 0.508 e. The minimum atomic E-state index is -0.180. The van der Waals surface area contributed by atoms with Crippen LogP contribution in [0.2, 0.25) is 0 Å². The van der Waals surface area contributed by atoms with Crippen LogP contribution in [0.15, 0.2) is 60.7 Å². The van der Waals surface area contributed by atoms with E-state index in [-0.39, 0.29) is 11.7 Å². The van der Waals surface area contributed by atoms with Crippen molar-refractivity contribution in [1.29, 1.82) is 0 Å². The number of carbonyl (C=O) groups excluding carboxylic acids is 1. The quantitative estimate of drug-likeness (QED) is 0.597. The van der Waals surface area contributed by atoms with Gasteiger partial charge in [0.25, 0.3) is 5.91 Å². The van der Waals surface area contributed by atoms with E-state index in [1.807, 2.05) is 37.3 Å². The van der Waals surface area contributed by atoms with E-state index in [0.717, 1.165) is 56.1 Å². The van der Waals surface area contributed by atoms with Crippen LogP contribution in [0, 0.1) is 0 Å². The van der Waals surface area contributed by atoms with E-state index in [1.54, 1.807) is 12.1 Å². The van der Waals surface area contributed by atoms with Gasteiger partial charge in [-0.2, -0.15) is 0 Å². The standard InChI is InChI=1S/C25H29N5O2/c1-2-12-26-25(32)23-10-11-24(28-27-23)30-15-13-29(14-16-30)18-20-6-3-4-9-22(20)19-7-5-8-21(31)17-19/h3-11,17,31H,2,12-16,18H2,1H3,(H,26,32). The number of nitrogens with zero attached hydrogens (tertiary/aromatic N) is 4. The zero-order valence-electron chi connectivity index (χ0n) is 18.4. The van der Waals surface area contributed by atoms with E-state index in [4.69, 9.17) is 0 Å². The van der Waals surface area contributed by atoms with Crippen molar-refractivity contribution in [2.75, 3.05) is 37.6 Å². The molecule has 0 radical (unpaired) electrons. The van der Waals surface area contributed by atoms with Crippen LogP contribution >= 0.6 is 0 Å². The summed E-state index contributed by atoms with van der Waals surface area (Å²) in [6.45, 7) is 7.03. The smallest absolute Gasteiger partial charge is 0.271 e. The van der Waals surface area contributed by atoms with Gasteiger partial charge in [-0.15, -0.1) is 10.2 Å². The van der Waals surface area contributed by atoms with Crippen molar-refractivity contribution in [3.63, 3.8) is 0 Å². The molecule has 32 heavy (non-hydrogen) atoms. The molecule has 1 fully saturated rings. The summed E-state index contributed by atoms with van der Waals surface area (Å²) in [5.41, 5.74) is 3.77. The molecule has 0 atom stereocenters. The van der Waals surface area contributed by atoms with Gasteiger partial charge in [0.15, 0.2) is 11.5 Å². The fraction of sp³-hybridized carbons (Fsp3) is 0.320. The van der Waals surface area contributed by atoms with Crippen molar-refractivity contribution in [3.05, 3.63) is 71.9 Å². The zero-order valence-corrected chi connectivity index (χ0v) is 18.4. The van der Waals surface area contributed by atoms with Crippen molar-refractivity contribution in [2.45, 2.75) is 19.9 Å². The summed E-state index contributed by atoms with van der Waals surface area (Å²) in [4.78, 5) is 16.6. The molecule has 1 aliphatic rings. The number of phenols is 1. The maximum absolute atomic E-state index is 12.0. The highest BCUT2D eigenvalue weighted by Crippen LogP contribution is 2.27. The number of anilines is 1. The number of hydrogen-bond acceptors (Lipinski definition) is 6. The first-order chi connectivity index (χ1) is 15.6. The Balaban J connectivity index is 1.36. The maximum atomic E-state index is 12.0. The van der Waals surface area contributed by atoms with Gasteiger partial charge in [0, 0.05) is 39.3 Å². The third-order valence-electron chi connectivity index (χ3n) is 5.68. The highest BCUT2D eigenvalue weighted by Gasteiger charge is 2.20. The molecule has 7 heteroatoms. The van der Waals surface area contributed by atoms with Crippen LogP contribution in [0.5, 0.6) is 5.75 Å². The second-order valence-corrected chi connectivity index (χ2v) is 8.00. The lowest BCUT2D eigenvalue weighted by atomic mass is 9.99. The Morgan fingerprint density at radius 3 is 2.53 bits per heavy atom. The van der Waals surface area contributed by atoms with Gasteiger partial charge in [0.05, 0.1) is 0 Å². The van der Waals surface area contributed by atoms with E-state index in [0.29, 0.717) is 12.2 Å². The van der Waals surface area contributed by atoms with Crippen molar-refractivity contribution in [1.82, 2.24) is 20.4 Å². The van der Waals surface area contributed by atoms with Crippen LogP contribution in [-0.4, -0.2) is 58.8 Å². The molecule has 0 bridgehead atoms. The molecule has 0 saturated carbocycles. The minimum Gasteiger partial charge on any atom is -0.508 e. The van der Waals surface area contributed by atoms with Crippen LogP contribution in [0.1, 0.15) is 29.4 Å². The van der Waals surface area contributed by atoms with Crippen molar-refractivity contribution in [3.8, 4) is 16.9 Å². The molecule has 1 aromatic heterocycles. The van der Waals surface area contributed by atoms with E-state index >= 15 is 0 Å². The lowest BCUT2D eigenvalue weighted by molar-refractivity contribution is 0.0947. The molecule has 1 amide bonds. The molecule has 1 saturated heterocycles. The SMILES string of the molecule is CCCNC(=O)c1ccc(N2CCN(Cc3ccccc3-c3cccc(O)c3)CC2)nn1. The molecular weight excluding hydrogens is 402 g/mol. The predicted molar refractivity (Wildman–Crippen MR) is 126 cm³/mol. The van der Waals surface area contributed by atoms with Gasteiger partial charge < -0.3 is 15.3 Å². The van der Waals surface area contributed by atoms with E-state index < -0.39 is 0 Å². The van der Waals surface area contributed by atoms with Gasteiger partial charge >= 0.3 is 0 Å². The first kappa shape index (κ1) is 21.8. The lowest BCUT2D eigenvalue weighted by Gasteiger charge is -2.35. The Morgan fingerprint density at radius 2 is 1.81 bits per heavy atom. The molecule has 0 spiro atoms. The summed E-state index contributed by atoms with van der Waals surface area (Å²) in [5, 5.41) is 21.1. The molecule has 3 aromatic rings. The molecule has 166 valence electrons. The van der Waals surface area contributed by atoms with Crippen molar-refractivity contribution < 1.29 is 9.90 Å². The summed E-state index contributed by atoms with van der Waals surface area (Å²) in [6, 6.07) is 19.4. The average molecular weight is 432 g/mol. The Labute approximate surface area is 188 Å². The van der Waals surface area contributed by atoms with Crippen LogP contribution in [-0.2, 0) is 6.54 Å². The fourth-order valence-electron chi connectivity index (χ4n) is 3.93. The number of aromatic nitrogens is 2. The number of phenolic OH excluding ortho intramolecular Hbond substituents is 1. The first-order valence-corrected chi connectivity index (χ1v) is 11.1. The molecular formula is C25H29N5O2. The number of aromatic hydroxyl groups is 1. The lowest BCUT2D eigenvalue weighted by Crippen LogP contribution is -2.46. The van der Waals surface area contributed by atoms with E-state index in [1.165, 1.54) is 5.56 Å². The average Bonchev–Trinajstić information content (AvgIpc) is 2.83. The van der Waals surface area contributed by atoms with E-state index in [9.17, 15) is 9.90 Å². The number of piperazine rings is 1. The molecule has 4 rings (SSSR count). The maximum Gasteiger partial charge on any atom is 0.271 e. The Morgan fingerprint density at radius 1 is 1.00 bits per heavy atom. The van der Waals surface area contributed by atoms with Crippen LogP contribution in [0.25, 0.3) is 11.1 Å². The van der Waals surface area contributed by atoms with Gasteiger partial charge in [0.1, 0.15) is 5.75 Å². The second kappa shape index (κ2) is 10.2. The molecule has 0 aliphatic carbocycles. The van der Waals surface area contributed by atoms with Crippen molar-refractivity contribution in [2.24, 2.45) is 0 Å². The Kier molecular flexibility index (Phi) is 6.97. The van der Waals surface area contributed by atoms with Gasteiger partial charge in [-0.05, 0) is 47.4 Å². The van der Waals surface area contributed by atoms with Crippen LogP contribution < -0.4 is 10.2 Å². The zero-order chi connectivity index (χ0) is 22.3. The normalized spacial score (nSPS) is 14.3. The highest BCUT2D eigenvalue weighted by molar-refractivity contribution is 5.92. The number of amides is 1. The fourth-order valence-corrected chi connectivity index (χ4v) is 3.93. The third kappa shape index (κ3) is 5.23. The number of carbonyl (C=O) groups is 1. The summed E-state index contributed by atoms with van der Waals surface area (Å²) >= 11 is 0. The summed E-state index contributed by atoms with van der Waals surface area (Å²) < 4.78 is 0. The Bertz CT molecular complexity index is 1050. The molecule has 2 N–H and O–H groups in total. The molecule has 2 aromatic carbocycles. The molecule has 0 unspecified atom stereocenters. The number of benzene rings is 2. The number of nitrogens with one attached hydrogen (secondary N) is 1. The van der Waals surface area contributed by atoms with Crippen molar-refractivity contribution >= 4 is 11.7 Å². The van der Waals surface area contributed by atoms with Crippen LogP contribution in [0.3, 0.4) is 0 Å². The first-order valence-electron chi connectivity index (χ1n) is 11.1. The van der Waals surface area contributed by atoms with Gasteiger partial charge in [-0.1, -0.05) is 43.3 Å². The molecule has 1 aliphatic heterocycles. The summed E-state index contributed by atoms with van der Waals surface area (Å²) in [5.74, 6) is 0.902. The van der Waals surface area contributed by atoms with Crippen LogP contribution in [0.4, 0.5) is 5.82 Å². The predicted octanol–water partition coefficient (Wildman–Crippen LogP) is 3.31. The summed E-state index contributed by atoms with van der Waals surface area (Å²) in [6.07, 6.45) is 0.889. The summed E-state index contributed by atoms with van der Waals surface area (Å²) in [7, 11) is 0. The molecule has 7 nitrogen and oxygen atoms in total. The van der Waals surface area contributed by atoms with Gasteiger partial charge in [-0.3, -0.25) is 9.69 Å². The van der Waals surface area contributed by atoms with Gasteiger partial charge in [0.2, 0.25) is 0 Å². The highest BCUT2D eigenvalue weighted by atomic mass is 16.3. The Hall–Kier alpha value is -3.45. The topological polar surface area (TPSA) is 81.6 Å².